The maximum Gasteiger partial charge on any atom is 0.253 e. The molecule has 3 saturated carbocycles. The number of rotatable bonds is 3. The summed E-state index contributed by atoms with van der Waals surface area (Å²) in [4.78, 5) is 29.3. The van der Waals surface area contributed by atoms with Crippen LogP contribution in [-0.4, -0.2) is 47.8 Å². The molecule has 1 saturated heterocycles. The van der Waals surface area contributed by atoms with E-state index < -0.39 is 0 Å². The van der Waals surface area contributed by atoms with Crippen LogP contribution in [0.2, 0.25) is 0 Å². The molecule has 2 amide bonds. The molecular weight excluding hydrogens is 386 g/mol. The van der Waals surface area contributed by atoms with Gasteiger partial charge in [0.1, 0.15) is 0 Å². The van der Waals surface area contributed by atoms with Crippen molar-refractivity contribution in [2.75, 3.05) is 26.2 Å². The average molecular weight is 420 g/mol. The van der Waals surface area contributed by atoms with E-state index in [0.717, 1.165) is 37.2 Å². The van der Waals surface area contributed by atoms with Crippen molar-refractivity contribution in [3.05, 3.63) is 35.4 Å². The molecule has 0 aromatic heterocycles. The van der Waals surface area contributed by atoms with Gasteiger partial charge in [-0.25, -0.2) is 0 Å². The van der Waals surface area contributed by atoms with Gasteiger partial charge in [0, 0.05) is 43.1 Å². The zero-order valence-electron chi connectivity index (χ0n) is 18.6. The Labute approximate surface area is 185 Å². The highest BCUT2D eigenvalue weighted by molar-refractivity contribution is 5.94. The first-order valence-electron chi connectivity index (χ1n) is 12.0. The van der Waals surface area contributed by atoms with E-state index in [1.807, 2.05) is 21.9 Å². The van der Waals surface area contributed by atoms with Crippen molar-refractivity contribution >= 4 is 11.8 Å². The number of carbonyl (C=O) groups excluding carboxylic acids is 2. The minimum absolute atomic E-state index is 0.0765. The Morgan fingerprint density at radius 1 is 0.935 bits per heavy atom. The molecule has 5 heteroatoms. The molecular formula is C26H33N3O2. The minimum atomic E-state index is -0.130. The fourth-order valence-electron chi connectivity index (χ4n) is 6.14. The van der Waals surface area contributed by atoms with Crippen LogP contribution in [0.15, 0.2) is 24.3 Å². The van der Waals surface area contributed by atoms with Gasteiger partial charge >= 0.3 is 0 Å². The minimum Gasteiger partial charge on any atom is -0.339 e. The fraction of sp³-hybridized carbons (Fsp3) is 0.654. The topological polar surface area (TPSA) is 64.4 Å². The Hall–Kier alpha value is -2.35. The lowest BCUT2D eigenvalue weighted by atomic mass is 9.73. The van der Waals surface area contributed by atoms with Gasteiger partial charge in [-0.05, 0) is 80.4 Å². The number of piperazine rings is 1. The number of hydrogen-bond donors (Lipinski definition) is 0. The molecule has 4 fully saturated rings. The molecule has 5 nitrogen and oxygen atoms in total. The van der Waals surface area contributed by atoms with Gasteiger partial charge in [0.15, 0.2) is 0 Å². The Kier molecular flexibility index (Phi) is 5.28. The monoisotopic (exact) mass is 419 g/mol. The Balaban J connectivity index is 1.16. The molecule has 1 heterocycles. The quantitative estimate of drug-likeness (QED) is 0.737. The third-order valence-electron chi connectivity index (χ3n) is 8.50. The third-order valence-corrected chi connectivity index (χ3v) is 8.50. The fourth-order valence-corrected chi connectivity index (χ4v) is 6.14. The number of hydrogen-bond acceptors (Lipinski definition) is 3. The van der Waals surface area contributed by atoms with E-state index in [0.29, 0.717) is 38.0 Å². The van der Waals surface area contributed by atoms with Crippen molar-refractivity contribution in [3.8, 4) is 6.07 Å². The molecule has 1 aromatic carbocycles. The lowest BCUT2D eigenvalue weighted by molar-refractivity contribution is -0.137. The van der Waals surface area contributed by atoms with Gasteiger partial charge in [0.05, 0.1) is 6.07 Å². The standard InChI is InChI=1S/C26H33N3O2/c1-26(8-9-26)25(31)29-12-10-28(11-13-29)24(30)20-4-2-19(3-5-20)22-7-6-21-14-18(17-27)15-23(21)16-22/h2-5,18,21-23H,6-16H2,1H3. The molecule has 0 spiro atoms. The molecule has 4 unspecified atom stereocenters. The van der Waals surface area contributed by atoms with Gasteiger partial charge in [-0.1, -0.05) is 19.1 Å². The number of fused-ring (bicyclic) bond motifs is 1. The van der Waals surface area contributed by atoms with Gasteiger partial charge in [-0.2, -0.15) is 5.26 Å². The van der Waals surface area contributed by atoms with E-state index in [4.69, 9.17) is 0 Å². The molecule has 0 N–H and O–H groups in total. The van der Waals surface area contributed by atoms with Crippen LogP contribution in [0.1, 0.15) is 73.7 Å². The van der Waals surface area contributed by atoms with Gasteiger partial charge < -0.3 is 9.80 Å². The molecule has 5 rings (SSSR count). The van der Waals surface area contributed by atoms with Gasteiger partial charge in [-0.15, -0.1) is 0 Å². The van der Waals surface area contributed by atoms with Crippen molar-refractivity contribution in [1.82, 2.24) is 9.80 Å². The summed E-state index contributed by atoms with van der Waals surface area (Å²) in [6, 6.07) is 10.7. The molecule has 4 aliphatic rings. The van der Waals surface area contributed by atoms with Crippen LogP contribution >= 0.6 is 0 Å². The second-order valence-corrected chi connectivity index (χ2v) is 10.6. The summed E-state index contributed by atoms with van der Waals surface area (Å²) in [6.07, 6.45) is 7.78. The van der Waals surface area contributed by atoms with Crippen LogP contribution < -0.4 is 0 Å². The summed E-state index contributed by atoms with van der Waals surface area (Å²) in [5.41, 5.74) is 1.95. The third kappa shape index (κ3) is 3.97. The lowest BCUT2D eigenvalue weighted by Gasteiger charge is -2.36. The maximum absolute atomic E-state index is 13.0. The van der Waals surface area contributed by atoms with Crippen molar-refractivity contribution in [1.29, 1.82) is 5.26 Å². The SMILES string of the molecule is CC1(C(=O)N2CCN(C(=O)c3ccc(C4CCC5CC(C#N)CC5C4)cc3)CC2)CC1. The maximum atomic E-state index is 13.0. The Bertz CT molecular complexity index is 890. The highest BCUT2D eigenvalue weighted by Gasteiger charge is 2.47. The normalized spacial score (nSPS) is 31.6. The van der Waals surface area contributed by atoms with Crippen molar-refractivity contribution < 1.29 is 9.59 Å². The van der Waals surface area contributed by atoms with Crippen molar-refractivity contribution in [3.63, 3.8) is 0 Å². The summed E-state index contributed by atoms with van der Waals surface area (Å²) in [7, 11) is 0. The first-order valence-corrected chi connectivity index (χ1v) is 12.0. The molecule has 164 valence electrons. The summed E-state index contributed by atoms with van der Waals surface area (Å²) in [6.45, 7) is 4.58. The first kappa shape index (κ1) is 20.5. The predicted octanol–water partition coefficient (Wildman–Crippen LogP) is 4.20. The number of amides is 2. The average Bonchev–Trinajstić information content (AvgIpc) is 3.43. The zero-order chi connectivity index (χ0) is 21.6. The highest BCUT2D eigenvalue weighted by Crippen LogP contribution is 2.49. The smallest absolute Gasteiger partial charge is 0.253 e. The van der Waals surface area contributed by atoms with Crippen LogP contribution in [0.3, 0.4) is 0 Å². The summed E-state index contributed by atoms with van der Waals surface area (Å²) in [5.74, 6) is 2.60. The Morgan fingerprint density at radius 2 is 1.58 bits per heavy atom. The van der Waals surface area contributed by atoms with Gasteiger partial charge in [-0.3, -0.25) is 9.59 Å². The first-order chi connectivity index (χ1) is 15.0. The second-order valence-electron chi connectivity index (χ2n) is 10.6. The van der Waals surface area contributed by atoms with E-state index in [-0.39, 0.29) is 23.1 Å². The lowest BCUT2D eigenvalue weighted by Crippen LogP contribution is -2.52. The van der Waals surface area contributed by atoms with E-state index >= 15 is 0 Å². The summed E-state index contributed by atoms with van der Waals surface area (Å²) in [5, 5.41) is 9.26. The van der Waals surface area contributed by atoms with E-state index in [1.165, 1.54) is 24.8 Å². The number of nitrogens with zero attached hydrogens (tertiary/aromatic N) is 3. The molecule has 4 atom stereocenters. The van der Waals surface area contributed by atoms with E-state index in [1.54, 1.807) is 0 Å². The van der Waals surface area contributed by atoms with E-state index in [2.05, 4.69) is 25.1 Å². The molecule has 1 aliphatic heterocycles. The van der Waals surface area contributed by atoms with Crippen LogP contribution in [0, 0.1) is 34.5 Å². The number of carbonyl (C=O) groups is 2. The predicted molar refractivity (Wildman–Crippen MR) is 118 cm³/mol. The van der Waals surface area contributed by atoms with Crippen LogP contribution in [0.4, 0.5) is 0 Å². The zero-order valence-corrected chi connectivity index (χ0v) is 18.6. The summed E-state index contributed by atoms with van der Waals surface area (Å²) >= 11 is 0. The van der Waals surface area contributed by atoms with E-state index in [9.17, 15) is 14.9 Å². The molecule has 0 radical (unpaired) electrons. The Morgan fingerprint density at radius 3 is 2.23 bits per heavy atom. The van der Waals surface area contributed by atoms with Crippen LogP contribution in [0.5, 0.6) is 0 Å². The van der Waals surface area contributed by atoms with Crippen LogP contribution in [-0.2, 0) is 4.79 Å². The molecule has 0 bridgehead atoms. The molecule has 31 heavy (non-hydrogen) atoms. The second kappa shape index (κ2) is 7.97. The molecule has 3 aliphatic carbocycles. The number of benzene rings is 1. The van der Waals surface area contributed by atoms with Crippen molar-refractivity contribution in [2.24, 2.45) is 23.2 Å². The van der Waals surface area contributed by atoms with Crippen molar-refractivity contribution in [2.45, 2.75) is 57.8 Å². The van der Waals surface area contributed by atoms with Gasteiger partial charge in [0.25, 0.3) is 5.91 Å². The largest absolute Gasteiger partial charge is 0.339 e. The van der Waals surface area contributed by atoms with Gasteiger partial charge in [0.2, 0.25) is 5.91 Å². The highest BCUT2D eigenvalue weighted by atomic mass is 16.2. The van der Waals surface area contributed by atoms with Crippen LogP contribution in [0.25, 0.3) is 0 Å². The molecule has 1 aromatic rings. The summed E-state index contributed by atoms with van der Waals surface area (Å²) < 4.78 is 0. The number of nitriles is 1.